The third-order valence-electron chi connectivity index (χ3n) is 3.32. The lowest BCUT2D eigenvalue weighted by molar-refractivity contribution is -0.153. The van der Waals surface area contributed by atoms with Crippen molar-refractivity contribution in [3.05, 3.63) is 0 Å². The molecular weight excluding hydrogens is 242 g/mol. The Balaban J connectivity index is 1.90. The lowest BCUT2D eigenvalue weighted by Gasteiger charge is -2.26. The summed E-state index contributed by atoms with van der Waals surface area (Å²) in [5, 5.41) is 0. The Morgan fingerprint density at radius 3 is 2.37 bits per heavy atom. The summed E-state index contributed by atoms with van der Waals surface area (Å²) in [6, 6.07) is 0. The molecule has 0 saturated carbocycles. The Morgan fingerprint density at radius 2 is 1.74 bits per heavy atom. The summed E-state index contributed by atoms with van der Waals surface area (Å²) in [5.74, 6) is -0.0965. The van der Waals surface area contributed by atoms with Crippen molar-refractivity contribution in [2.75, 3.05) is 39.5 Å². The van der Waals surface area contributed by atoms with Gasteiger partial charge in [-0.25, -0.2) is 0 Å². The second-order valence-corrected chi connectivity index (χ2v) is 6.25. The van der Waals surface area contributed by atoms with Gasteiger partial charge < -0.3 is 9.47 Å². The predicted molar refractivity (Wildman–Crippen MR) is 76.1 cm³/mol. The topological polar surface area (TPSA) is 38.8 Å². The third-order valence-corrected chi connectivity index (χ3v) is 3.32. The van der Waals surface area contributed by atoms with Crippen LogP contribution in [-0.4, -0.2) is 50.3 Å². The maximum Gasteiger partial charge on any atom is 0.311 e. The van der Waals surface area contributed by atoms with Crippen LogP contribution in [0.5, 0.6) is 0 Å². The standard InChI is InChI=1S/C15H29NO3/c1-15(2,3)14(17)19-11-7-5-4-6-8-16-9-12-18-13-10-16/h4-13H2,1-3H3. The molecule has 4 heteroatoms. The van der Waals surface area contributed by atoms with E-state index < -0.39 is 0 Å². The minimum atomic E-state index is -0.379. The van der Waals surface area contributed by atoms with Gasteiger partial charge in [0.2, 0.25) is 0 Å². The van der Waals surface area contributed by atoms with Gasteiger partial charge in [-0.15, -0.1) is 0 Å². The molecule has 0 spiro atoms. The highest BCUT2D eigenvalue weighted by molar-refractivity contribution is 5.75. The first-order chi connectivity index (χ1) is 9.00. The van der Waals surface area contributed by atoms with Crippen molar-refractivity contribution < 1.29 is 14.3 Å². The van der Waals surface area contributed by atoms with Crippen molar-refractivity contribution >= 4 is 5.97 Å². The largest absolute Gasteiger partial charge is 0.465 e. The summed E-state index contributed by atoms with van der Waals surface area (Å²) in [6.45, 7) is 11.3. The fraction of sp³-hybridized carbons (Fsp3) is 0.933. The van der Waals surface area contributed by atoms with Crippen LogP contribution in [0.3, 0.4) is 0 Å². The zero-order valence-electron chi connectivity index (χ0n) is 12.7. The fourth-order valence-corrected chi connectivity index (χ4v) is 2.00. The molecule has 0 aromatic carbocycles. The van der Waals surface area contributed by atoms with Crippen LogP contribution in [0, 0.1) is 5.41 Å². The van der Waals surface area contributed by atoms with E-state index in [1.54, 1.807) is 0 Å². The molecule has 1 aliphatic rings. The van der Waals surface area contributed by atoms with Crippen LogP contribution < -0.4 is 0 Å². The molecule has 1 heterocycles. The molecule has 0 aromatic rings. The first-order valence-corrected chi connectivity index (χ1v) is 7.47. The van der Waals surface area contributed by atoms with E-state index in [1.165, 1.54) is 19.4 Å². The van der Waals surface area contributed by atoms with Gasteiger partial charge in [-0.3, -0.25) is 9.69 Å². The Hall–Kier alpha value is -0.610. The molecule has 1 aliphatic heterocycles. The lowest BCUT2D eigenvalue weighted by atomic mass is 9.97. The van der Waals surface area contributed by atoms with Gasteiger partial charge in [-0.05, 0) is 40.2 Å². The molecule has 0 bridgehead atoms. The zero-order valence-corrected chi connectivity index (χ0v) is 12.7. The average Bonchev–Trinajstić information content (AvgIpc) is 2.37. The lowest BCUT2D eigenvalue weighted by Crippen LogP contribution is -2.36. The van der Waals surface area contributed by atoms with Crippen molar-refractivity contribution in [1.82, 2.24) is 4.90 Å². The number of esters is 1. The maximum atomic E-state index is 11.5. The third kappa shape index (κ3) is 7.53. The van der Waals surface area contributed by atoms with E-state index in [2.05, 4.69) is 4.90 Å². The van der Waals surface area contributed by atoms with Crippen molar-refractivity contribution in [2.45, 2.75) is 46.5 Å². The highest BCUT2D eigenvalue weighted by Crippen LogP contribution is 2.15. The number of hydrogen-bond acceptors (Lipinski definition) is 4. The maximum absolute atomic E-state index is 11.5. The van der Waals surface area contributed by atoms with E-state index in [9.17, 15) is 4.79 Å². The predicted octanol–water partition coefficient (Wildman–Crippen LogP) is 2.47. The summed E-state index contributed by atoms with van der Waals surface area (Å²) in [4.78, 5) is 14.0. The summed E-state index contributed by atoms with van der Waals surface area (Å²) >= 11 is 0. The molecule has 0 radical (unpaired) electrons. The van der Waals surface area contributed by atoms with Crippen LogP contribution in [0.2, 0.25) is 0 Å². The van der Waals surface area contributed by atoms with E-state index in [0.29, 0.717) is 6.61 Å². The van der Waals surface area contributed by atoms with Crippen molar-refractivity contribution in [2.24, 2.45) is 5.41 Å². The van der Waals surface area contributed by atoms with E-state index in [1.807, 2.05) is 20.8 Å². The number of morpholine rings is 1. The highest BCUT2D eigenvalue weighted by atomic mass is 16.5. The number of ether oxygens (including phenoxy) is 2. The summed E-state index contributed by atoms with van der Waals surface area (Å²) < 4.78 is 10.6. The summed E-state index contributed by atoms with van der Waals surface area (Å²) in [5.41, 5.74) is -0.379. The van der Waals surface area contributed by atoms with Crippen molar-refractivity contribution in [3.63, 3.8) is 0 Å². The van der Waals surface area contributed by atoms with Gasteiger partial charge in [0.1, 0.15) is 0 Å². The van der Waals surface area contributed by atoms with Crippen molar-refractivity contribution in [1.29, 1.82) is 0 Å². The van der Waals surface area contributed by atoms with Crippen LogP contribution in [0.1, 0.15) is 46.5 Å². The molecule has 0 unspecified atom stereocenters. The van der Waals surface area contributed by atoms with Gasteiger partial charge in [0.15, 0.2) is 0 Å². The van der Waals surface area contributed by atoms with E-state index >= 15 is 0 Å². The van der Waals surface area contributed by atoms with Gasteiger partial charge >= 0.3 is 5.97 Å². The number of carbonyl (C=O) groups is 1. The molecule has 4 nitrogen and oxygen atoms in total. The molecule has 1 rings (SSSR count). The molecule has 112 valence electrons. The number of unbranched alkanes of at least 4 members (excludes halogenated alkanes) is 3. The molecule has 1 saturated heterocycles. The van der Waals surface area contributed by atoms with E-state index in [4.69, 9.17) is 9.47 Å². The molecule has 19 heavy (non-hydrogen) atoms. The molecule has 0 atom stereocenters. The van der Waals surface area contributed by atoms with Crippen LogP contribution in [0.25, 0.3) is 0 Å². The van der Waals surface area contributed by atoms with Gasteiger partial charge in [0.25, 0.3) is 0 Å². The van der Waals surface area contributed by atoms with Crippen LogP contribution >= 0.6 is 0 Å². The van der Waals surface area contributed by atoms with Gasteiger partial charge in [-0.1, -0.05) is 12.8 Å². The molecule has 0 aliphatic carbocycles. The second-order valence-electron chi connectivity index (χ2n) is 6.25. The molecule has 0 aromatic heterocycles. The van der Waals surface area contributed by atoms with Crippen LogP contribution in [0.15, 0.2) is 0 Å². The van der Waals surface area contributed by atoms with E-state index in [0.717, 1.165) is 39.1 Å². The molecular formula is C15H29NO3. The minimum Gasteiger partial charge on any atom is -0.465 e. The van der Waals surface area contributed by atoms with Crippen LogP contribution in [-0.2, 0) is 14.3 Å². The average molecular weight is 271 g/mol. The quantitative estimate of drug-likeness (QED) is 0.527. The Bertz CT molecular complexity index is 255. The van der Waals surface area contributed by atoms with Gasteiger partial charge in [-0.2, -0.15) is 0 Å². The minimum absolute atomic E-state index is 0.0965. The Kier molecular flexibility index (Phi) is 7.39. The Labute approximate surface area is 117 Å². The van der Waals surface area contributed by atoms with Crippen molar-refractivity contribution in [3.8, 4) is 0 Å². The first-order valence-electron chi connectivity index (χ1n) is 7.47. The van der Waals surface area contributed by atoms with Gasteiger partial charge in [0.05, 0.1) is 25.2 Å². The first kappa shape index (κ1) is 16.4. The van der Waals surface area contributed by atoms with E-state index in [-0.39, 0.29) is 11.4 Å². The SMILES string of the molecule is CC(C)(C)C(=O)OCCCCCCN1CCOCC1. The highest BCUT2D eigenvalue weighted by Gasteiger charge is 2.22. The zero-order chi connectivity index (χ0) is 14.1. The second kappa shape index (κ2) is 8.54. The molecule has 0 amide bonds. The number of hydrogen-bond donors (Lipinski definition) is 0. The Morgan fingerprint density at radius 1 is 1.11 bits per heavy atom. The number of rotatable bonds is 7. The summed E-state index contributed by atoms with van der Waals surface area (Å²) in [6.07, 6.45) is 4.56. The normalized spacial score (nSPS) is 17.4. The number of carbonyl (C=O) groups excluding carboxylic acids is 1. The fourth-order valence-electron chi connectivity index (χ4n) is 2.00. The monoisotopic (exact) mass is 271 g/mol. The molecule has 1 fully saturated rings. The van der Waals surface area contributed by atoms with Gasteiger partial charge in [0, 0.05) is 13.1 Å². The van der Waals surface area contributed by atoms with Crippen LogP contribution in [0.4, 0.5) is 0 Å². The smallest absolute Gasteiger partial charge is 0.311 e. The number of nitrogens with zero attached hydrogens (tertiary/aromatic N) is 1. The molecule has 0 N–H and O–H groups in total. The summed E-state index contributed by atoms with van der Waals surface area (Å²) in [7, 11) is 0.